The van der Waals surface area contributed by atoms with Gasteiger partial charge in [-0.05, 0) is 32.3 Å². The number of imidazole rings is 1. The Morgan fingerprint density at radius 3 is 2.41 bits per heavy atom. The van der Waals surface area contributed by atoms with Gasteiger partial charge in [-0.15, -0.1) is 0 Å². The number of carbonyl (C=O) groups is 3. The van der Waals surface area contributed by atoms with Gasteiger partial charge in [-0.25, -0.2) is 19.3 Å². The predicted molar refractivity (Wildman–Crippen MR) is 232 cm³/mol. The molecule has 32 heteroatoms. The first kappa shape index (κ1) is 58.7. The molecule has 2 aliphatic rings. The zero-order valence-corrected chi connectivity index (χ0v) is 41.2. The van der Waals surface area contributed by atoms with Crippen LogP contribution in [0.3, 0.4) is 0 Å². The number of ether oxygens (including phenoxy) is 3. The lowest BCUT2D eigenvalue weighted by molar-refractivity contribution is -0.347. The van der Waals surface area contributed by atoms with Crippen LogP contribution in [0.15, 0.2) is 24.8 Å². The number of thioether (sulfide) groups is 1. The first-order valence-electron chi connectivity index (χ1n) is 21.6. The van der Waals surface area contributed by atoms with Crippen LogP contribution in [-0.2, 0) is 60.2 Å². The molecule has 0 aliphatic carbocycles. The van der Waals surface area contributed by atoms with E-state index in [0.29, 0.717) is 6.61 Å². The molecule has 28 nitrogen and oxygen atoms in total. The molecule has 0 saturated carbocycles. The summed E-state index contributed by atoms with van der Waals surface area (Å²) in [5.74, 6) is -1.32. The van der Waals surface area contributed by atoms with E-state index in [1.807, 2.05) is 0 Å². The molecule has 0 spiro atoms. The van der Waals surface area contributed by atoms with Crippen molar-refractivity contribution in [1.82, 2.24) is 30.2 Å². The summed E-state index contributed by atoms with van der Waals surface area (Å²) in [5.41, 5.74) is 4.04. The van der Waals surface area contributed by atoms with Gasteiger partial charge < -0.3 is 88.7 Å². The molecule has 2 aromatic heterocycles. The van der Waals surface area contributed by atoms with Crippen molar-refractivity contribution in [2.45, 2.75) is 127 Å². The molecule has 2 aromatic rings. The molecule has 8 N–H and O–H groups in total. The summed E-state index contributed by atoms with van der Waals surface area (Å²) < 4.78 is 71.8. The molecule has 392 valence electrons. The monoisotopic (exact) mass is 1060 g/mol. The van der Waals surface area contributed by atoms with Crippen LogP contribution >= 0.6 is 35.2 Å². The third-order valence-corrected chi connectivity index (χ3v) is 14.3. The van der Waals surface area contributed by atoms with Crippen molar-refractivity contribution in [2.24, 2.45) is 5.41 Å². The highest BCUT2D eigenvalue weighted by Gasteiger charge is 2.47. The molecule has 2 saturated heterocycles. The van der Waals surface area contributed by atoms with Gasteiger partial charge in [0.15, 0.2) is 24.0 Å². The van der Waals surface area contributed by atoms with Crippen LogP contribution in [0.5, 0.6) is 0 Å². The molecule has 4 rings (SSSR count). The lowest BCUT2D eigenvalue weighted by Gasteiger charge is -2.36. The van der Waals surface area contributed by atoms with Crippen LogP contribution in [0, 0.1) is 5.41 Å². The normalized spacial score (nSPS) is 25.6. The van der Waals surface area contributed by atoms with Crippen molar-refractivity contribution in [1.29, 1.82) is 0 Å². The average Bonchev–Trinajstić information content (AvgIpc) is 3.82. The molecule has 2 aliphatic heterocycles. The number of hydrogen-bond donors (Lipinski definition) is 7. The Balaban J connectivity index is 1.08. The Hall–Kier alpha value is -2.86. The highest BCUT2D eigenvalue weighted by Crippen LogP contribution is 2.56. The maximum atomic E-state index is 12.6. The van der Waals surface area contributed by atoms with Gasteiger partial charge in [-0.3, -0.25) is 28.1 Å². The summed E-state index contributed by atoms with van der Waals surface area (Å²) in [4.78, 5) is 96.7. The number of nitrogens with two attached hydrogens (primary N) is 1. The number of nitrogens with one attached hydrogen (secondary N) is 2. The fraction of sp³-hybridized carbons (Fsp3) is 0.730. The maximum absolute atomic E-state index is 12.6. The Labute approximate surface area is 400 Å². The summed E-state index contributed by atoms with van der Waals surface area (Å²) >= 11 is 1.01. The number of aliphatic hydroxyl groups excluding tert-OH is 4. The van der Waals surface area contributed by atoms with E-state index in [1.165, 1.54) is 19.9 Å². The number of aliphatic hydroxyl groups is 4. The minimum Gasteiger partial charge on any atom is -0.790 e. The van der Waals surface area contributed by atoms with E-state index in [1.54, 1.807) is 13.0 Å². The minimum absolute atomic E-state index is 0.0282. The fourth-order valence-electron chi connectivity index (χ4n) is 6.67. The first-order chi connectivity index (χ1) is 32.3. The minimum atomic E-state index is -5.94. The number of amides is 2. The number of fused-ring (bicyclic) bond motifs is 1. The summed E-state index contributed by atoms with van der Waals surface area (Å²) in [6.45, 7) is 2.16. The quantitative estimate of drug-likeness (QED) is 0.0261. The standard InChI is InChI=1S/C37H62N7O21P3S/c1-22-23(45)17-24(46)36(62-22)59-15-10-8-6-4-5-7-9-11-27(48)69-16-14-39-26(47)12-13-40-34(51)31(50)37(2,3)19-61-68(57,58)65-67(55,56)60-18-25-30(64-66(52,53)54)29(49)35(63-25)44-21-43-28-32(38)41-20-42-33(28)44/h9,11,20-25,29-31,35-36,45-46,49-50H,4-8,10,12-19H2,1-3H3,(H,39,47)(H,40,51)(H,55,56)(H,57,58)(H2,38,41,42)(H2,52,53,54)/p-4/b11-9+/t22-,23+,24+,25+,29+,30+,31-,35+,36+/m0/s1. The first-order valence-corrected chi connectivity index (χ1v) is 26.9. The Morgan fingerprint density at radius 2 is 1.68 bits per heavy atom. The largest absolute Gasteiger partial charge is 0.790 e. The van der Waals surface area contributed by atoms with Crippen LogP contribution in [0.25, 0.3) is 11.2 Å². The van der Waals surface area contributed by atoms with Gasteiger partial charge >= 0.3 is 0 Å². The predicted octanol–water partition coefficient (Wildman–Crippen LogP) is -2.09. The molecule has 4 heterocycles. The van der Waals surface area contributed by atoms with Gasteiger partial charge in [-0.2, -0.15) is 0 Å². The lowest BCUT2D eigenvalue weighted by atomic mass is 9.87. The second-order valence-corrected chi connectivity index (χ2v) is 21.7. The van der Waals surface area contributed by atoms with E-state index >= 15 is 0 Å². The van der Waals surface area contributed by atoms with Crippen molar-refractivity contribution in [3.8, 4) is 0 Å². The number of carbonyl (C=O) groups excluding carboxylic acids is 3. The van der Waals surface area contributed by atoms with Gasteiger partial charge in [0, 0.05) is 43.7 Å². The number of allylic oxidation sites excluding steroid dienone is 1. The molecule has 0 bridgehead atoms. The van der Waals surface area contributed by atoms with Crippen LogP contribution in [-0.4, -0.2) is 145 Å². The van der Waals surface area contributed by atoms with Crippen LogP contribution in [0.4, 0.5) is 5.82 Å². The lowest BCUT2D eigenvalue weighted by Crippen LogP contribution is -2.47. The molecular weight excluding hydrogens is 1000 g/mol. The number of phosphoric acid groups is 3. The average molecular weight is 1060 g/mol. The Bertz CT molecular complexity index is 2190. The number of nitrogens with zero attached hydrogens (tertiary/aromatic N) is 4. The van der Waals surface area contributed by atoms with Gasteiger partial charge in [-0.1, -0.05) is 50.9 Å². The molecule has 69 heavy (non-hydrogen) atoms. The highest BCUT2D eigenvalue weighted by atomic mass is 32.2. The van der Waals surface area contributed by atoms with Crippen molar-refractivity contribution in [3.05, 3.63) is 24.8 Å². The number of rotatable bonds is 29. The second kappa shape index (κ2) is 26.7. The topological polar surface area (TPSA) is 434 Å². The smallest absolute Gasteiger partial charge is 0.274 e. The van der Waals surface area contributed by atoms with E-state index in [-0.39, 0.29) is 53.8 Å². The number of unbranched alkanes of at least 4 members (excludes halogenated alkanes) is 5. The molecule has 11 atom stereocenters. The Morgan fingerprint density at radius 1 is 0.986 bits per heavy atom. The second-order valence-electron chi connectivity index (χ2n) is 16.6. The van der Waals surface area contributed by atoms with Crippen LogP contribution in [0.2, 0.25) is 0 Å². The highest BCUT2D eigenvalue weighted by molar-refractivity contribution is 8.14. The fourth-order valence-corrected chi connectivity index (χ4v) is 10.0. The number of hydrogen-bond acceptors (Lipinski definition) is 26. The number of nitrogen functional groups attached to an aromatic ring is 1. The van der Waals surface area contributed by atoms with E-state index in [2.05, 4.69) is 43.5 Å². The summed E-state index contributed by atoms with van der Waals surface area (Å²) in [5, 5.41) is 45.8. The maximum Gasteiger partial charge on any atom is 0.274 e. The molecule has 0 radical (unpaired) electrons. The summed E-state index contributed by atoms with van der Waals surface area (Å²) in [6.07, 6.45) is -1.64. The summed E-state index contributed by atoms with van der Waals surface area (Å²) in [6, 6.07) is 0. The van der Waals surface area contributed by atoms with Gasteiger partial charge in [0.25, 0.3) is 15.6 Å². The van der Waals surface area contributed by atoms with E-state index in [0.717, 1.165) is 67.5 Å². The molecule has 2 amide bonds. The number of phosphoric ester groups is 3. The third-order valence-electron chi connectivity index (χ3n) is 10.5. The molecular formula is C37H58N7O21P3S-4. The van der Waals surface area contributed by atoms with E-state index in [9.17, 15) is 68.1 Å². The van der Waals surface area contributed by atoms with E-state index in [4.69, 9.17) is 19.9 Å². The molecule has 2 fully saturated rings. The number of aromatic nitrogens is 4. The number of anilines is 1. The van der Waals surface area contributed by atoms with Gasteiger partial charge in [0.1, 0.15) is 42.4 Å². The zero-order valence-electron chi connectivity index (χ0n) is 37.8. The van der Waals surface area contributed by atoms with Gasteiger partial charge in [0.05, 0.1) is 39.6 Å². The third kappa shape index (κ3) is 19.3. The molecule has 0 aromatic carbocycles. The Kier molecular flexibility index (Phi) is 22.7. The van der Waals surface area contributed by atoms with Gasteiger partial charge in [0.2, 0.25) is 16.9 Å². The van der Waals surface area contributed by atoms with Crippen molar-refractivity contribution >= 4 is 69.1 Å². The van der Waals surface area contributed by atoms with E-state index < -0.39 is 109 Å². The van der Waals surface area contributed by atoms with Crippen LogP contribution in [0.1, 0.15) is 78.4 Å². The zero-order chi connectivity index (χ0) is 51.2. The van der Waals surface area contributed by atoms with Crippen molar-refractivity contribution in [2.75, 3.05) is 44.4 Å². The molecule has 2 unspecified atom stereocenters. The van der Waals surface area contributed by atoms with Crippen LogP contribution < -0.4 is 35.9 Å². The SMILES string of the molecule is C[C@@H]1O[C@@H](OCCCCCCC/C=C/C(=O)SCCNC(=O)CCNC(=O)[C@H](O)C(C)(C)COP(=O)([O-])OP(=O)([O-])OC[C@H]2O[C@@H](n3cnc4c(N)ncnc43)[C@H](O)[C@@H]2OP(=O)([O-])[O-])[C@H](O)C[C@H]1O. The summed E-state index contributed by atoms with van der Waals surface area (Å²) in [7, 11) is -17.7. The van der Waals surface area contributed by atoms with Crippen molar-refractivity contribution in [3.63, 3.8) is 0 Å². The van der Waals surface area contributed by atoms with Crippen molar-refractivity contribution < 1.29 is 100 Å².